The van der Waals surface area contributed by atoms with Crippen molar-refractivity contribution in [2.45, 2.75) is 78.3 Å². The van der Waals surface area contributed by atoms with Crippen LogP contribution in [0.15, 0.2) is 175 Å². The maximum Gasteiger partial charge on any atom is 0.311 e. The molecule has 0 amide bonds. The first kappa shape index (κ1) is 92.0. The van der Waals surface area contributed by atoms with Gasteiger partial charge in [0, 0.05) is 42.0 Å². The first-order chi connectivity index (χ1) is 40.8. The molecule has 0 aromatic heterocycles. The van der Waals surface area contributed by atoms with Crippen LogP contribution in [0.3, 0.4) is 0 Å². The van der Waals surface area contributed by atoms with Gasteiger partial charge in [-0.1, -0.05) is 114 Å². The Morgan fingerprint density at radius 2 is 0.355 bits per heavy atom. The molecule has 41 heteroatoms. The number of hydrogen-bond donors (Lipinski definition) is 0. The molecule has 0 aliphatic heterocycles. The van der Waals surface area contributed by atoms with Gasteiger partial charge in [0.05, 0.1) is 54.4 Å². The minimum atomic E-state index is -4.38. The smallest absolute Gasteiger partial charge is 0.229 e. The molecule has 0 saturated heterocycles. The Labute approximate surface area is 554 Å². The standard InChI is InChI=1S/2C14H14O5S2.C8H10O2S.C7H7ClO2S.2C2H6O5S2.2C2H6O2S.CH4/c2*1-11-3-7-13(8-4-11)20(15,16)19-21(17,18)14-9-5-12(2)6-10-14;1-7-3-5-8(6-4-7)11(2,9)10;1-6-2-4-7(5-3-6)11(8,9)10;2*1-8(3,4)7-9(2,5)6;2*1-5(2,3)4;/h2*3-10H,1-2H3;3-6H,1-2H3;2-5H,1H3;2*1-2H3;2*1-2H3;1H4. The third kappa shape index (κ3) is 47.4. The van der Waals surface area contributed by atoms with Gasteiger partial charge >= 0.3 is 40.5 Å². The van der Waals surface area contributed by atoms with Crippen molar-refractivity contribution in [3.8, 4) is 0 Å². The van der Waals surface area contributed by atoms with Gasteiger partial charge in [-0.25, -0.2) is 33.7 Å². The molecule has 0 aliphatic rings. The van der Waals surface area contributed by atoms with Crippen molar-refractivity contribution in [2.75, 3.05) is 56.3 Å². The van der Waals surface area contributed by atoms with Gasteiger partial charge in [0.2, 0.25) is 0 Å². The Bertz CT molecular complexity index is 4300. The summed E-state index contributed by atoms with van der Waals surface area (Å²) in [5, 5.41) is 0. The summed E-state index contributed by atoms with van der Waals surface area (Å²) in [5.41, 5.74) is 5.50. The number of hydrogen-bond acceptors (Lipinski definition) is 28. The van der Waals surface area contributed by atoms with Gasteiger partial charge in [0.1, 0.15) is 19.7 Å². The van der Waals surface area contributed by atoms with Crippen molar-refractivity contribution in [3.05, 3.63) is 179 Å². The van der Waals surface area contributed by atoms with Crippen molar-refractivity contribution >= 4 is 130 Å². The summed E-state index contributed by atoms with van der Waals surface area (Å²) in [5.74, 6) is 0. The largest absolute Gasteiger partial charge is 0.311 e. The minimum Gasteiger partial charge on any atom is -0.229 e. The Morgan fingerprint density at radius 3 is 0.462 bits per heavy atom. The summed E-state index contributed by atoms with van der Waals surface area (Å²) in [4.78, 5) is -0.298. The molecule has 6 aromatic rings. The molecule has 0 unspecified atom stereocenters. The van der Waals surface area contributed by atoms with E-state index in [-0.39, 0.29) is 31.9 Å². The van der Waals surface area contributed by atoms with Gasteiger partial charge in [-0.2, -0.15) is 67.3 Å². The Kier molecular flexibility index (Phi) is 37.0. The van der Waals surface area contributed by atoms with Crippen LogP contribution in [0.25, 0.3) is 0 Å². The molecule has 6 aromatic carbocycles. The number of sulfone groups is 3. The van der Waals surface area contributed by atoms with Crippen LogP contribution >= 0.6 is 10.7 Å². The van der Waals surface area contributed by atoms with E-state index in [1.165, 1.54) is 66.9 Å². The van der Waals surface area contributed by atoms with Gasteiger partial charge in [0.25, 0.3) is 49.5 Å². The second-order valence-corrected chi connectivity index (χ2v) is 41.8. The van der Waals surface area contributed by atoms with E-state index in [1.807, 2.05) is 13.8 Å². The van der Waals surface area contributed by atoms with Crippen LogP contribution in [-0.2, 0) is 134 Å². The van der Waals surface area contributed by atoms with E-state index in [0.29, 0.717) is 29.9 Å². The summed E-state index contributed by atoms with van der Waals surface area (Å²) < 4.78 is 274. The van der Waals surface area contributed by atoms with Crippen molar-refractivity contribution in [1.82, 2.24) is 0 Å². The van der Waals surface area contributed by atoms with Crippen molar-refractivity contribution < 1.29 is 116 Å². The number of halogens is 1. The van der Waals surface area contributed by atoms with E-state index in [1.54, 1.807) is 113 Å². The molecular weight excluding hydrogens is 1490 g/mol. The highest BCUT2D eigenvalue weighted by Crippen LogP contribution is 2.23. The topological polar surface area (TPSA) is 447 Å². The second-order valence-electron chi connectivity index (χ2n) is 19.3. The van der Waals surface area contributed by atoms with E-state index in [4.69, 9.17) is 10.7 Å². The highest BCUT2D eigenvalue weighted by Gasteiger charge is 2.28. The molecule has 0 saturated carbocycles. The molecule has 0 atom stereocenters. The summed E-state index contributed by atoms with van der Waals surface area (Å²) in [7, 11) is -39.8. The molecule has 0 heterocycles. The quantitative estimate of drug-likeness (QED) is 0.114. The van der Waals surface area contributed by atoms with Crippen LogP contribution in [0, 0.1) is 41.5 Å². The zero-order valence-corrected chi connectivity index (χ0v) is 62.1. The Hall–Kier alpha value is -5.15. The van der Waals surface area contributed by atoms with Crippen LogP contribution in [0.2, 0.25) is 0 Å². The summed E-state index contributed by atoms with van der Waals surface area (Å²) in [6.45, 7) is 11.0. The van der Waals surface area contributed by atoms with Gasteiger partial charge in [-0.3, -0.25) is 0 Å². The Balaban J connectivity index is -0.00000104. The van der Waals surface area contributed by atoms with Crippen LogP contribution < -0.4 is 0 Å². The summed E-state index contributed by atoms with van der Waals surface area (Å²) in [6, 6.07) is 36.1. The molecule has 28 nitrogen and oxygen atoms in total. The fraction of sp³-hybridized carbons (Fsp3) is 0.308. The maximum absolute atomic E-state index is 12.0. The fourth-order valence-electron chi connectivity index (χ4n) is 5.15. The van der Waals surface area contributed by atoms with E-state index < -0.39 is 120 Å². The fourth-order valence-corrected chi connectivity index (χ4v) is 15.2. The Morgan fingerprint density at radius 1 is 0.226 bits per heavy atom. The lowest BCUT2D eigenvalue weighted by Crippen LogP contribution is -2.14. The first-order valence-corrected chi connectivity index (χ1v) is 46.0. The molecule has 528 valence electrons. The molecule has 6 rings (SSSR count). The summed E-state index contributed by atoms with van der Waals surface area (Å²) >= 11 is 0. The van der Waals surface area contributed by atoms with E-state index in [9.17, 15) is 101 Å². The van der Waals surface area contributed by atoms with E-state index in [2.05, 4.69) is 14.5 Å². The summed E-state index contributed by atoms with van der Waals surface area (Å²) in [6.07, 6.45) is 8.49. The van der Waals surface area contributed by atoms with Crippen molar-refractivity contribution in [1.29, 1.82) is 0 Å². The number of aryl methyl sites for hydroxylation is 6. The molecule has 0 fully saturated rings. The predicted molar refractivity (Wildman–Crippen MR) is 354 cm³/mol. The molecule has 0 spiro atoms. The van der Waals surface area contributed by atoms with E-state index in [0.717, 1.165) is 58.4 Å². The van der Waals surface area contributed by atoms with Crippen molar-refractivity contribution in [3.63, 3.8) is 0 Å². The van der Waals surface area contributed by atoms with Gasteiger partial charge in [0.15, 0.2) is 9.84 Å². The highest BCUT2D eigenvalue weighted by molar-refractivity contribution is 8.13. The average Bonchev–Trinajstić information content (AvgIpc) is 0.825. The lowest BCUT2D eigenvalue weighted by atomic mass is 10.2. The third-order valence-corrected chi connectivity index (χ3v) is 21.6. The molecule has 0 radical (unpaired) electrons. The van der Waals surface area contributed by atoms with Crippen molar-refractivity contribution in [2.24, 2.45) is 0 Å². The zero-order valence-electron chi connectivity index (χ0n) is 51.6. The lowest BCUT2D eigenvalue weighted by molar-refractivity contribution is 0.458. The third-order valence-electron chi connectivity index (χ3n) is 8.84. The average molecular weight is 1570 g/mol. The SMILES string of the molecule is C.CS(=O)(=O)OS(C)(=O)=O.CS(=O)(=O)OS(C)(=O)=O.CS(C)(=O)=O.CS(C)(=O)=O.Cc1ccc(S(=O)(=O)Cl)cc1.Cc1ccc(S(=O)(=O)OS(=O)(=O)c2ccc(C)cc2)cc1.Cc1ccc(S(=O)(=O)OS(=O)(=O)c2ccc(C)cc2)cc1.Cc1ccc(S(C)(=O)=O)cc1. The van der Waals surface area contributed by atoms with Crippen LogP contribution in [-0.4, -0.2) is 157 Å². The first-order valence-electron chi connectivity index (χ1n) is 24.3. The van der Waals surface area contributed by atoms with Crippen LogP contribution in [0.5, 0.6) is 0 Å². The normalized spacial score (nSPS) is 12.1. The van der Waals surface area contributed by atoms with Gasteiger partial charge < -0.3 is 0 Å². The molecule has 0 aliphatic carbocycles. The molecule has 93 heavy (non-hydrogen) atoms. The van der Waals surface area contributed by atoms with Crippen LogP contribution in [0.4, 0.5) is 0 Å². The second kappa shape index (κ2) is 37.4. The monoisotopic (exact) mass is 1560 g/mol. The number of rotatable bonds is 14. The van der Waals surface area contributed by atoms with E-state index >= 15 is 0 Å². The zero-order chi connectivity index (χ0) is 72.7. The number of benzene rings is 6. The van der Waals surface area contributed by atoms with Crippen LogP contribution in [0.1, 0.15) is 40.8 Å². The minimum absolute atomic E-state index is 0. The van der Waals surface area contributed by atoms with Gasteiger partial charge in [-0.05, 0) is 114 Å². The molecular formula is C52H73ClO28S12. The lowest BCUT2D eigenvalue weighted by Gasteiger charge is -2.07. The molecule has 0 N–H and O–H groups in total. The maximum atomic E-state index is 12.0. The predicted octanol–water partition coefficient (Wildman–Crippen LogP) is 5.92. The molecule has 0 bridgehead atoms. The highest BCUT2D eigenvalue weighted by atomic mass is 35.7. The van der Waals surface area contributed by atoms with Gasteiger partial charge in [-0.15, -0.1) is 14.5 Å².